The first kappa shape index (κ1) is 11.3. The van der Waals surface area contributed by atoms with E-state index in [2.05, 4.69) is 11.6 Å². The van der Waals surface area contributed by atoms with Gasteiger partial charge in [-0.25, -0.2) is 4.79 Å². The molecule has 0 aliphatic heterocycles. The summed E-state index contributed by atoms with van der Waals surface area (Å²) in [6, 6.07) is 9.62. The van der Waals surface area contributed by atoms with Gasteiger partial charge in [0.05, 0.1) is 17.7 Å². The number of hydrogen-bond acceptors (Lipinski definition) is 3. The third-order valence-electron chi connectivity index (χ3n) is 2.46. The van der Waals surface area contributed by atoms with E-state index in [0.29, 0.717) is 17.7 Å². The number of esters is 1. The molecule has 0 saturated carbocycles. The Kier molecular flexibility index (Phi) is 3.19. The monoisotopic (exact) mass is 227 g/mol. The highest BCUT2D eigenvalue weighted by Gasteiger charge is 2.10. The number of para-hydroxylation sites is 1. The molecule has 0 unspecified atom stereocenters. The van der Waals surface area contributed by atoms with Crippen molar-refractivity contribution in [1.29, 1.82) is 0 Å². The Morgan fingerprint density at radius 1 is 1.41 bits per heavy atom. The van der Waals surface area contributed by atoms with E-state index in [1.807, 2.05) is 30.3 Å². The lowest BCUT2D eigenvalue weighted by molar-refractivity contribution is -0.136. The van der Waals surface area contributed by atoms with Crippen LogP contribution in [0.25, 0.3) is 16.5 Å². The maximum absolute atomic E-state index is 11.5. The SMILES string of the molecule is C=C(C(=O)OCC)c1cnc2ccccc2c1. The lowest BCUT2D eigenvalue weighted by atomic mass is 10.1. The van der Waals surface area contributed by atoms with Crippen LogP contribution in [0.5, 0.6) is 0 Å². The zero-order chi connectivity index (χ0) is 12.3. The summed E-state index contributed by atoms with van der Waals surface area (Å²) in [5, 5.41) is 0.982. The summed E-state index contributed by atoms with van der Waals surface area (Å²) in [4.78, 5) is 15.8. The van der Waals surface area contributed by atoms with Crippen LogP contribution in [0.1, 0.15) is 12.5 Å². The summed E-state index contributed by atoms with van der Waals surface area (Å²) in [5.74, 6) is -0.399. The van der Waals surface area contributed by atoms with Crippen LogP contribution in [-0.4, -0.2) is 17.6 Å². The van der Waals surface area contributed by atoms with E-state index in [1.54, 1.807) is 13.1 Å². The second-order valence-electron chi connectivity index (χ2n) is 3.62. The molecule has 1 aromatic carbocycles. The number of hydrogen-bond donors (Lipinski definition) is 0. The summed E-state index contributed by atoms with van der Waals surface area (Å²) in [6.07, 6.45) is 1.64. The number of pyridine rings is 1. The minimum Gasteiger partial charge on any atom is -0.462 e. The van der Waals surface area contributed by atoms with Gasteiger partial charge in [0.1, 0.15) is 0 Å². The molecule has 0 N–H and O–H groups in total. The van der Waals surface area contributed by atoms with Crippen molar-refractivity contribution in [2.75, 3.05) is 6.61 Å². The molecular weight excluding hydrogens is 214 g/mol. The molecule has 3 nitrogen and oxygen atoms in total. The fourth-order valence-electron chi connectivity index (χ4n) is 1.57. The topological polar surface area (TPSA) is 39.2 Å². The fourth-order valence-corrected chi connectivity index (χ4v) is 1.57. The van der Waals surface area contributed by atoms with Crippen molar-refractivity contribution in [3.8, 4) is 0 Å². The maximum Gasteiger partial charge on any atom is 0.338 e. The summed E-state index contributed by atoms with van der Waals surface area (Å²) >= 11 is 0. The molecule has 86 valence electrons. The van der Waals surface area contributed by atoms with Gasteiger partial charge in [0.15, 0.2) is 0 Å². The number of carbonyl (C=O) groups excluding carboxylic acids is 1. The van der Waals surface area contributed by atoms with Crippen LogP contribution in [0.15, 0.2) is 43.1 Å². The number of carbonyl (C=O) groups is 1. The molecule has 1 aromatic heterocycles. The molecule has 0 saturated heterocycles. The van der Waals surface area contributed by atoms with Gasteiger partial charge in [0, 0.05) is 17.1 Å². The van der Waals surface area contributed by atoms with Gasteiger partial charge in [-0.2, -0.15) is 0 Å². The zero-order valence-electron chi connectivity index (χ0n) is 9.64. The van der Waals surface area contributed by atoms with Gasteiger partial charge in [0.25, 0.3) is 0 Å². The Morgan fingerprint density at radius 2 is 2.18 bits per heavy atom. The summed E-state index contributed by atoms with van der Waals surface area (Å²) < 4.78 is 4.90. The summed E-state index contributed by atoms with van der Waals surface area (Å²) in [7, 11) is 0. The first-order chi connectivity index (χ1) is 8.22. The average molecular weight is 227 g/mol. The molecule has 3 heteroatoms. The Balaban J connectivity index is 2.36. The van der Waals surface area contributed by atoms with Crippen molar-refractivity contribution in [3.63, 3.8) is 0 Å². The molecule has 1 heterocycles. The highest BCUT2D eigenvalue weighted by molar-refractivity contribution is 6.16. The average Bonchev–Trinajstić information content (AvgIpc) is 2.37. The van der Waals surface area contributed by atoms with Crippen molar-refractivity contribution in [3.05, 3.63) is 48.7 Å². The molecule has 2 rings (SSSR count). The van der Waals surface area contributed by atoms with Crippen molar-refractivity contribution < 1.29 is 9.53 Å². The number of aromatic nitrogens is 1. The van der Waals surface area contributed by atoms with Crippen LogP contribution in [0.4, 0.5) is 0 Å². The third kappa shape index (κ3) is 2.33. The van der Waals surface area contributed by atoms with Crippen LogP contribution >= 0.6 is 0 Å². The van der Waals surface area contributed by atoms with Gasteiger partial charge in [-0.3, -0.25) is 4.98 Å². The van der Waals surface area contributed by atoms with Crippen molar-refractivity contribution >= 4 is 22.4 Å². The van der Waals surface area contributed by atoms with E-state index >= 15 is 0 Å². The zero-order valence-corrected chi connectivity index (χ0v) is 9.64. The number of fused-ring (bicyclic) bond motifs is 1. The quantitative estimate of drug-likeness (QED) is 0.598. The van der Waals surface area contributed by atoms with Crippen molar-refractivity contribution in [2.45, 2.75) is 6.92 Å². The van der Waals surface area contributed by atoms with Gasteiger partial charge in [0.2, 0.25) is 0 Å². The van der Waals surface area contributed by atoms with E-state index in [4.69, 9.17) is 4.74 Å². The second kappa shape index (κ2) is 4.78. The molecule has 0 atom stereocenters. The predicted molar refractivity (Wildman–Crippen MR) is 67.4 cm³/mol. The standard InChI is InChI=1S/C14H13NO2/c1-3-17-14(16)10(2)12-8-11-6-4-5-7-13(11)15-9-12/h4-9H,2-3H2,1H3. The second-order valence-corrected chi connectivity index (χ2v) is 3.62. The minimum atomic E-state index is -0.399. The molecule has 2 aromatic rings. The van der Waals surface area contributed by atoms with Crippen molar-refractivity contribution in [1.82, 2.24) is 4.98 Å². The molecule has 0 spiro atoms. The van der Waals surface area contributed by atoms with E-state index in [9.17, 15) is 4.79 Å². The number of benzene rings is 1. The van der Waals surface area contributed by atoms with Gasteiger partial charge in [-0.15, -0.1) is 0 Å². The lowest BCUT2D eigenvalue weighted by Gasteiger charge is -2.06. The smallest absolute Gasteiger partial charge is 0.338 e. The molecule has 0 fully saturated rings. The van der Waals surface area contributed by atoms with Crippen LogP contribution < -0.4 is 0 Å². The van der Waals surface area contributed by atoms with E-state index in [-0.39, 0.29) is 0 Å². The molecular formula is C14H13NO2. The first-order valence-corrected chi connectivity index (χ1v) is 5.43. The fraction of sp³-hybridized carbons (Fsp3) is 0.143. The van der Waals surface area contributed by atoms with Gasteiger partial charge < -0.3 is 4.74 Å². The van der Waals surface area contributed by atoms with Crippen LogP contribution in [0.3, 0.4) is 0 Å². The largest absolute Gasteiger partial charge is 0.462 e. The highest BCUT2D eigenvalue weighted by atomic mass is 16.5. The molecule has 0 aliphatic rings. The normalized spacial score (nSPS) is 10.2. The lowest BCUT2D eigenvalue weighted by Crippen LogP contribution is -2.06. The Morgan fingerprint density at radius 3 is 2.94 bits per heavy atom. The van der Waals surface area contributed by atoms with E-state index in [0.717, 1.165) is 10.9 Å². The van der Waals surface area contributed by atoms with Crippen LogP contribution in [0.2, 0.25) is 0 Å². The van der Waals surface area contributed by atoms with E-state index in [1.165, 1.54) is 0 Å². The van der Waals surface area contributed by atoms with Crippen molar-refractivity contribution in [2.24, 2.45) is 0 Å². The minimum absolute atomic E-state index is 0.338. The number of nitrogens with zero attached hydrogens (tertiary/aromatic N) is 1. The molecule has 0 bridgehead atoms. The molecule has 17 heavy (non-hydrogen) atoms. The predicted octanol–water partition coefficient (Wildman–Crippen LogP) is 2.81. The first-order valence-electron chi connectivity index (χ1n) is 5.43. The van der Waals surface area contributed by atoms with Gasteiger partial charge >= 0.3 is 5.97 Å². The van der Waals surface area contributed by atoms with Crippen LogP contribution in [-0.2, 0) is 9.53 Å². The summed E-state index contributed by atoms with van der Waals surface area (Å²) in [5.41, 5.74) is 1.93. The number of rotatable bonds is 3. The summed E-state index contributed by atoms with van der Waals surface area (Å²) in [6.45, 7) is 5.85. The third-order valence-corrected chi connectivity index (χ3v) is 2.46. The highest BCUT2D eigenvalue weighted by Crippen LogP contribution is 2.18. The molecule has 0 aliphatic carbocycles. The Labute approximate surface area is 99.7 Å². The van der Waals surface area contributed by atoms with Crippen LogP contribution in [0, 0.1) is 0 Å². The molecule has 0 amide bonds. The Hall–Kier alpha value is -2.16. The van der Waals surface area contributed by atoms with Gasteiger partial charge in [-0.1, -0.05) is 24.8 Å². The van der Waals surface area contributed by atoms with E-state index < -0.39 is 5.97 Å². The number of ether oxygens (including phenoxy) is 1. The Bertz CT molecular complexity index is 575. The van der Waals surface area contributed by atoms with Gasteiger partial charge in [-0.05, 0) is 19.1 Å². The maximum atomic E-state index is 11.5. The molecule has 0 radical (unpaired) electrons.